The second-order valence-corrected chi connectivity index (χ2v) is 6.92. The second kappa shape index (κ2) is 7.70. The van der Waals surface area contributed by atoms with Gasteiger partial charge >= 0.3 is 5.69 Å². The molecule has 1 aromatic heterocycles. The molecule has 1 unspecified atom stereocenters. The molecule has 1 amide bonds. The fourth-order valence-corrected chi connectivity index (χ4v) is 3.04. The number of hydrogen-bond donors (Lipinski definition) is 2. The van der Waals surface area contributed by atoms with E-state index in [0.717, 1.165) is 12.0 Å². The molecule has 23 heavy (non-hydrogen) atoms. The van der Waals surface area contributed by atoms with E-state index in [1.54, 1.807) is 23.6 Å². The molecule has 1 atom stereocenters. The van der Waals surface area contributed by atoms with Crippen molar-refractivity contribution in [1.82, 2.24) is 14.8 Å². The van der Waals surface area contributed by atoms with Crippen LogP contribution in [0.25, 0.3) is 0 Å². The number of aryl methyl sites for hydroxylation is 1. The quantitative estimate of drug-likeness (QED) is 0.781. The number of halogens is 1. The Morgan fingerprint density at radius 3 is 2.96 bits per heavy atom. The van der Waals surface area contributed by atoms with Crippen LogP contribution in [0.5, 0.6) is 0 Å². The lowest BCUT2D eigenvalue weighted by Gasteiger charge is -2.13. The second-order valence-electron chi connectivity index (χ2n) is 5.17. The smallest absolute Gasteiger partial charge is 0.325 e. The van der Waals surface area contributed by atoms with Crippen LogP contribution in [-0.2, 0) is 11.3 Å². The molecule has 124 valence electrons. The van der Waals surface area contributed by atoms with E-state index in [9.17, 15) is 9.59 Å². The van der Waals surface area contributed by atoms with Gasteiger partial charge in [0.15, 0.2) is 5.16 Å². The van der Waals surface area contributed by atoms with Crippen LogP contribution in [0.3, 0.4) is 0 Å². The Bertz CT molecular complexity index is 756. The number of nitrogens with zero attached hydrogens (tertiary/aromatic N) is 2. The molecule has 0 aliphatic rings. The average Bonchev–Trinajstić information content (AvgIpc) is 2.84. The van der Waals surface area contributed by atoms with Crippen LogP contribution < -0.4 is 11.0 Å². The molecule has 2 N–H and O–H groups in total. The number of amides is 1. The zero-order chi connectivity index (χ0) is 17.0. The van der Waals surface area contributed by atoms with Gasteiger partial charge < -0.3 is 5.32 Å². The van der Waals surface area contributed by atoms with Crippen molar-refractivity contribution in [3.63, 3.8) is 0 Å². The zero-order valence-corrected chi connectivity index (χ0v) is 14.8. The lowest BCUT2D eigenvalue weighted by atomic mass is 10.2. The van der Waals surface area contributed by atoms with Crippen molar-refractivity contribution in [1.29, 1.82) is 0 Å². The molecule has 0 aliphatic carbocycles. The number of H-pyrrole nitrogens is 1. The van der Waals surface area contributed by atoms with Crippen molar-refractivity contribution in [3.8, 4) is 0 Å². The minimum atomic E-state index is -0.404. The van der Waals surface area contributed by atoms with Gasteiger partial charge in [0.1, 0.15) is 0 Å². The van der Waals surface area contributed by atoms with Crippen LogP contribution in [-0.4, -0.2) is 25.9 Å². The highest BCUT2D eigenvalue weighted by atomic mass is 35.5. The summed E-state index contributed by atoms with van der Waals surface area (Å²) in [6, 6.07) is 5.34. The molecule has 8 heteroatoms. The summed E-state index contributed by atoms with van der Waals surface area (Å²) in [5, 5.41) is 9.94. The van der Waals surface area contributed by atoms with E-state index in [1.165, 1.54) is 11.8 Å². The van der Waals surface area contributed by atoms with E-state index in [2.05, 4.69) is 15.5 Å². The first-order valence-electron chi connectivity index (χ1n) is 7.31. The minimum absolute atomic E-state index is 0.168. The molecule has 2 rings (SSSR count). The van der Waals surface area contributed by atoms with Crippen molar-refractivity contribution in [2.45, 2.75) is 44.1 Å². The molecule has 2 aromatic rings. The van der Waals surface area contributed by atoms with E-state index in [0.29, 0.717) is 22.4 Å². The zero-order valence-electron chi connectivity index (χ0n) is 13.2. The Balaban J connectivity index is 2.08. The minimum Gasteiger partial charge on any atom is -0.325 e. The number of rotatable bonds is 6. The molecule has 0 saturated heterocycles. The number of benzene rings is 1. The predicted molar refractivity (Wildman–Crippen MR) is 93.3 cm³/mol. The molecule has 0 aliphatic heterocycles. The van der Waals surface area contributed by atoms with E-state index in [-0.39, 0.29) is 11.6 Å². The molecule has 0 bridgehead atoms. The number of aromatic nitrogens is 3. The van der Waals surface area contributed by atoms with Gasteiger partial charge in [-0.25, -0.2) is 9.89 Å². The van der Waals surface area contributed by atoms with Crippen LogP contribution in [0.4, 0.5) is 5.69 Å². The largest absolute Gasteiger partial charge is 0.343 e. The molecular formula is C15H19ClN4O2S. The Morgan fingerprint density at radius 1 is 1.52 bits per heavy atom. The number of thioether (sulfide) groups is 1. The van der Waals surface area contributed by atoms with Gasteiger partial charge in [-0.15, -0.1) is 5.10 Å². The molecule has 0 radical (unpaired) electrons. The summed E-state index contributed by atoms with van der Waals surface area (Å²) in [5.41, 5.74) is 1.36. The van der Waals surface area contributed by atoms with Gasteiger partial charge in [-0.2, -0.15) is 0 Å². The normalized spacial score (nSPS) is 12.2. The summed E-state index contributed by atoms with van der Waals surface area (Å²) >= 11 is 7.20. The molecule has 6 nitrogen and oxygen atoms in total. The monoisotopic (exact) mass is 354 g/mol. The number of carbonyl (C=O) groups is 1. The molecule has 1 heterocycles. The number of nitrogens with one attached hydrogen (secondary N) is 2. The summed E-state index contributed by atoms with van der Waals surface area (Å²) in [4.78, 5) is 24.0. The third-order valence-corrected chi connectivity index (χ3v) is 4.60. The van der Waals surface area contributed by atoms with Crippen LogP contribution in [0.2, 0.25) is 5.02 Å². The maximum Gasteiger partial charge on any atom is 0.343 e. The molecule has 0 fully saturated rings. The maximum absolute atomic E-state index is 12.4. The van der Waals surface area contributed by atoms with E-state index in [1.807, 2.05) is 19.9 Å². The first-order valence-corrected chi connectivity index (χ1v) is 8.57. The molecule has 0 saturated carbocycles. The van der Waals surface area contributed by atoms with Gasteiger partial charge in [0.05, 0.1) is 5.25 Å². The van der Waals surface area contributed by atoms with Gasteiger partial charge in [0, 0.05) is 17.3 Å². The van der Waals surface area contributed by atoms with Crippen LogP contribution in [0, 0.1) is 6.92 Å². The summed E-state index contributed by atoms with van der Waals surface area (Å²) in [6.07, 6.45) is 0.815. The van der Waals surface area contributed by atoms with Crippen molar-refractivity contribution in [3.05, 3.63) is 39.3 Å². The average molecular weight is 355 g/mol. The number of carbonyl (C=O) groups excluding carboxylic acids is 1. The van der Waals surface area contributed by atoms with Gasteiger partial charge in [-0.3, -0.25) is 9.36 Å². The fourth-order valence-electron chi connectivity index (χ4n) is 1.99. The first kappa shape index (κ1) is 17.6. The Kier molecular flexibility index (Phi) is 5.90. The van der Waals surface area contributed by atoms with Crippen molar-refractivity contribution >= 4 is 35.0 Å². The summed E-state index contributed by atoms with van der Waals surface area (Å²) in [7, 11) is 0. The Morgan fingerprint density at radius 2 is 2.26 bits per heavy atom. The Labute approximate surface area is 143 Å². The van der Waals surface area contributed by atoms with Crippen molar-refractivity contribution < 1.29 is 4.79 Å². The van der Waals surface area contributed by atoms with E-state index >= 15 is 0 Å². The highest BCUT2D eigenvalue weighted by Crippen LogP contribution is 2.24. The maximum atomic E-state index is 12.4. The van der Waals surface area contributed by atoms with Crippen molar-refractivity contribution in [2.24, 2.45) is 0 Å². The highest BCUT2D eigenvalue weighted by Gasteiger charge is 2.19. The first-order chi connectivity index (χ1) is 10.9. The van der Waals surface area contributed by atoms with Gasteiger partial charge in [-0.05, 0) is 38.0 Å². The molecule has 1 aromatic carbocycles. The lowest BCUT2D eigenvalue weighted by Crippen LogP contribution is -2.24. The van der Waals surface area contributed by atoms with Crippen LogP contribution in [0.15, 0.2) is 28.2 Å². The summed E-state index contributed by atoms with van der Waals surface area (Å²) in [5.74, 6) is -0.168. The third-order valence-electron chi connectivity index (χ3n) is 3.28. The van der Waals surface area contributed by atoms with Gasteiger partial charge in [-0.1, -0.05) is 36.4 Å². The van der Waals surface area contributed by atoms with Crippen LogP contribution in [0.1, 0.15) is 25.8 Å². The SMILES string of the molecule is CCCn1c(SC(C)C(=O)Nc2cc(Cl)ccc2C)n[nH]c1=O. The lowest BCUT2D eigenvalue weighted by molar-refractivity contribution is -0.115. The topological polar surface area (TPSA) is 79.8 Å². The number of aromatic amines is 1. The highest BCUT2D eigenvalue weighted by molar-refractivity contribution is 8.00. The van der Waals surface area contributed by atoms with Crippen molar-refractivity contribution in [2.75, 3.05) is 5.32 Å². The van der Waals surface area contributed by atoms with Gasteiger partial charge in [0.2, 0.25) is 5.91 Å². The number of hydrogen-bond acceptors (Lipinski definition) is 4. The summed E-state index contributed by atoms with van der Waals surface area (Å²) < 4.78 is 1.54. The van der Waals surface area contributed by atoms with E-state index in [4.69, 9.17) is 11.6 Å². The van der Waals surface area contributed by atoms with E-state index < -0.39 is 5.25 Å². The standard InChI is InChI=1S/C15H19ClN4O2S/c1-4-7-20-14(22)18-19-15(20)23-10(3)13(21)17-12-8-11(16)6-5-9(12)2/h5-6,8,10H,4,7H2,1-3H3,(H,17,21)(H,18,22). The fraction of sp³-hybridized carbons (Fsp3) is 0.400. The Hall–Kier alpha value is -1.73. The summed E-state index contributed by atoms with van der Waals surface area (Å²) in [6.45, 7) is 6.22. The molecular weight excluding hydrogens is 336 g/mol. The predicted octanol–water partition coefficient (Wildman–Crippen LogP) is 3.06. The van der Waals surface area contributed by atoms with Crippen LogP contribution >= 0.6 is 23.4 Å². The third kappa shape index (κ3) is 4.39. The number of anilines is 1. The molecule has 0 spiro atoms. The van der Waals surface area contributed by atoms with Gasteiger partial charge in [0.25, 0.3) is 0 Å².